The topological polar surface area (TPSA) is 53.2 Å². The van der Waals surface area contributed by atoms with Gasteiger partial charge in [0.2, 0.25) is 0 Å². The van der Waals surface area contributed by atoms with Gasteiger partial charge in [0.15, 0.2) is 5.11 Å². The van der Waals surface area contributed by atoms with Gasteiger partial charge in [-0.1, -0.05) is 41.9 Å². The molecule has 7 heteroatoms. The van der Waals surface area contributed by atoms with Crippen molar-refractivity contribution in [2.24, 2.45) is 0 Å². The zero-order valence-electron chi connectivity index (χ0n) is 13.3. The van der Waals surface area contributed by atoms with E-state index in [9.17, 15) is 9.18 Å². The van der Waals surface area contributed by atoms with Crippen molar-refractivity contribution < 1.29 is 9.18 Å². The van der Waals surface area contributed by atoms with Crippen LogP contribution in [0.2, 0.25) is 5.02 Å². The molecule has 1 aliphatic heterocycles. The molecule has 0 aliphatic carbocycles. The molecule has 2 aromatic carbocycles. The molecule has 0 fully saturated rings. The summed E-state index contributed by atoms with van der Waals surface area (Å²) in [6.45, 7) is 1.74. The molecule has 128 valence electrons. The first-order valence-corrected chi connectivity index (χ1v) is 8.34. The Morgan fingerprint density at radius 1 is 1.20 bits per heavy atom. The molecule has 1 heterocycles. The number of nitrogens with one attached hydrogen (secondary N) is 3. The molecule has 2 aromatic rings. The zero-order chi connectivity index (χ0) is 18.0. The van der Waals surface area contributed by atoms with E-state index in [0.29, 0.717) is 27.0 Å². The van der Waals surface area contributed by atoms with Gasteiger partial charge in [-0.15, -0.1) is 0 Å². The van der Waals surface area contributed by atoms with Crippen LogP contribution in [0.3, 0.4) is 0 Å². The second-order valence-electron chi connectivity index (χ2n) is 5.53. The molecule has 0 saturated heterocycles. The third-order valence-electron chi connectivity index (χ3n) is 3.85. The maximum absolute atomic E-state index is 13.9. The third kappa shape index (κ3) is 3.65. The highest BCUT2D eigenvalue weighted by Crippen LogP contribution is 2.32. The quantitative estimate of drug-likeness (QED) is 0.712. The Morgan fingerprint density at radius 2 is 1.88 bits per heavy atom. The van der Waals surface area contributed by atoms with Crippen molar-refractivity contribution in [3.8, 4) is 0 Å². The standard InChI is InChI=1S/C18H15ClFN3OS/c1-10-15(17(24)22-14-9-5-4-8-13(14)20)16(23-18(25)21-10)11-6-2-3-7-12(11)19/h2-9,16H,1H3,(H,22,24)(H2,21,23,25). The number of carbonyl (C=O) groups is 1. The summed E-state index contributed by atoms with van der Waals surface area (Å²) in [6, 6.07) is 12.7. The van der Waals surface area contributed by atoms with E-state index in [0.717, 1.165) is 0 Å². The largest absolute Gasteiger partial charge is 0.351 e. The molecule has 1 unspecified atom stereocenters. The molecule has 0 bridgehead atoms. The summed E-state index contributed by atoms with van der Waals surface area (Å²) in [7, 11) is 0. The summed E-state index contributed by atoms with van der Waals surface area (Å²) in [6.07, 6.45) is 0. The molecule has 3 rings (SSSR count). The number of carbonyl (C=O) groups excluding carboxylic acids is 1. The maximum atomic E-state index is 13.9. The highest BCUT2D eigenvalue weighted by atomic mass is 35.5. The second-order valence-corrected chi connectivity index (χ2v) is 6.34. The number of anilines is 1. The molecule has 1 atom stereocenters. The molecule has 0 saturated carbocycles. The predicted octanol–water partition coefficient (Wildman–Crippen LogP) is 3.91. The molecule has 25 heavy (non-hydrogen) atoms. The van der Waals surface area contributed by atoms with Crippen LogP contribution in [0, 0.1) is 5.82 Å². The van der Waals surface area contributed by atoms with Gasteiger partial charge in [0, 0.05) is 10.7 Å². The number of rotatable bonds is 3. The van der Waals surface area contributed by atoms with E-state index in [-0.39, 0.29) is 5.69 Å². The minimum absolute atomic E-state index is 0.110. The Hall–Kier alpha value is -2.44. The van der Waals surface area contributed by atoms with E-state index in [1.165, 1.54) is 12.1 Å². The molecular weight excluding hydrogens is 361 g/mol. The van der Waals surface area contributed by atoms with Gasteiger partial charge in [0.25, 0.3) is 5.91 Å². The lowest BCUT2D eigenvalue weighted by Crippen LogP contribution is -2.45. The summed E-state index contributed by atoms with van der Waals surface area (Å²) in [5, 5.41) is 9.50. The number of hydrogen-bond donors (Lipinski definition) is 3. The highest BCUT2D eigenvalue weighted by molar-refractivity contribution is 7.80. The van der Waals surface area contributed by atoms with Gasteiger partial charge in [0.1, 0.15) is 5.82 Å². The first-order chi connectivity index (χ1) is 12.0. The summed E-state index contributed by atoms with van der Waals surface area (Å²) < 4.78 is 13.9. The Bertz CT molecular complexity index is 884. The van der Waals surface area contributed by atoms with Crippen molar-refractivity contribution in [1.29, 1.82) is 0 Å². The normalized spacial score (nSPS) is 16.9. The van der Waals surface area contributed by atoms with E-state index in [1.54, 1.807) is 31.2 Å². The number of para-hydroxylation sites is 1. The maximum Gasteiger partial charge on any atom is 0.255 e. The molecule has 0 spiro atoms. The molecule has 1 amide bonds. The minimum Gasteiger partial charge on any atom is -0.351 e. The zero-order valence-corrected chi connectivity index (χ0v) is 14.8. The van der Waals surface area contributed by atoms with Crippen molar-refractivity contribution in [2.45, 2.75) is 13.0 Å². The van der Waals surface area contributed by atoms with E-state index >= 15 is 0 Å². The van der Waals surface area contributed by atoms with Crippen LogP contribution in [-0.2, 0) is 4.79 Å². The van der Waals surface area contributed by atoms with Gasteiger partial charge < -0.3 is 16.0 Å². The van der Waals surface area contributed by atoms with Crippen LogP contribution in [0.4, 0.5) is 10.1 Å². The van der Waals surface area contributed by atoms with Gasteiger partial charge in [0.05, 0.1) is 17.3 Å². The summed E-state index contributed by atoms with van der Waals surface area (Å²) in [5.41, 5.74) is 1.80. The van der Waals surface area contributed by atoms with Crippen LogP contribution in [0.25, 0.3) is 0 Å². The van der Waals surface area contributed by atoms with Crippen LogP contribution in [0.1, 0.15) is 18.5 Å². The molecule has 3 N–H and O–H groups in total. The number of thiocarbonyl (C=S) groups is 1. The van der Waals surface area contributed by atoms with Gasteiger partial charge >= 0.3 is 0 Å². The molecule has 0 aromatic heterocycles. The fourth-order valence-electron chi connectivity index (χ4n) is 2.69. The van der Waals surface area contributed by atoms with Crippen molar-refractivity contribution in [3.63, 3.8) is 0 Å². The van der Waals surface area contributed by atoms with Crippen LogP contribution < -0.4 is 16.0 Å². The minimum atomic E-state index is -0.533. The molecule has 4 nitrogen and oxygen atoms in total. The van der Waals surface area contributed by atoms with Gasteiger partial charge in [-0.05, 0) is 42.9 Å². The molecular formula is C18H15ClFN3OS. The molecule has 1 aliphatic rings. The smallest absolute Gasteiger partial charge is 0.255 e. The summed E-state index contributed by atoms with van der Waals surface area (Å²) in [5.74, 6) is -0.939. The predicted molar refractivity (Wildman–Crippen MR) is 101 cm³/mol. The number of halogens is 2. The first-order valence-electron chi connectivity index (χ1n) is 7.56. The van der Waals surface area contributed by atoms with Crippen molar-refractivity contribution in [3.05, 3.63) is 76.2 Å². The number of allylic oxidation sites excluding steroid dienone is 1. The SMILES string of the molecule is CC1=C(C(=O)Nc2ccccc2F)C(c2ccccc2Cl)NC(=S)N1. The average Bonchev–Trinajstić information content (AvgIpc) is 2.56. The number of hydrogen-bond acceptors (Lipinski definition) is 2. The highest BCUT2D eigenvalue weighted by Gasteiger charge is 2.31. The Labute approximate surface area is 155 Å². The number of amides is 1. The van der Waals surface area contributed by atoms with E-state index < -0.39 is 17.8 Å². The van der Waals surface area contributed by atoms with Crippen molar-refractivity contribution in [2.75, 3.05) is 5.32 Å². The van der Waals surface area contributed by atoms with Crippen LogP contribution in [-0.4, -0.2) is 11.0 Å². The summed E-state index contributed by atoms with van der Waals surface area (Å²) >= 11 is 11.5. The van der Waals surface area contributed by atoms with Crippen LogP contribution in [0.15, 0.2) is 59.8 Å². The van der Waals surface area contributed by atoms with Crippen LogP contribution >= 0.6 is 23.8 Å². The van der Waals surface area contributed by atoms with Gasteiger partial charge in [-0.25, -0.2) is 4.39 Å². The lowest BCUT2D eigenvalue weighted by atomic mass is 9.95. The lowest BCUT2D eigenvalue weighted by Gasteiger charge is -2.30. The fraction of sp³-hybridized carbons (Fsp3) is 0.111. The van der Waals surface area contributed by atoms with Crippen molar-refractivity contribution in [1.82, 2.24) is 10.6 Å². The molecule has 0 radical (unpaired) electrons. The van der Waals surface area contributed by atoms with E-state index in [4.69, 9.17) is 23.8 Å². The number of benzene rings is 2. The second kappa shape index (κ2) is 7.21. The summed E-state index contributed by atoms with van der Waals surface area (Å²) in [4.78, 5) is 12.8. The van der Waals surface area contributed by atoms with Crippen molar-refractivity contribution >= 4 is 40.5 Å². The Kier molecular flexibility index (Phi) is 5.01. The van der Waals surface area contributed by atoms with Crippen LogP contribution in [0.5, 0.6) is 0 Å². The van der Waals surface area contributed by atoms with E-state index in [2.05, 4.69) is 16.0 Å². The van der Waals surface area contributed by atoms with Gasteiger partial charge in [-0.3, -0.25) is 4.79 Å². The van der Waals surface area contributed by atoms with Gasteiger partial charge in [-0.2, -0.15) is 0 Å². The fourth-order valence-corrected chi connectivity index (χ4v) is 3.21. The van der Waals surface area contributed by atoms with E-state index in [1.807, 2.05) is 12.1 Å². The third-order valence-corrected chi connectivity index (χ3v) is 4.42. The lowest BCUT2D eigenvalue weighted by molar-refractivity contribution is -0.113. The first kappa shape index (κ1) is 17.4. The average molecular weight is 376 g/mol. The Balaban J connectivity index is 1.99. The monoisotopic (exact) mass is 375 g/mol. The Morgan fingerprint density at radius 3 is 2.60 bits per heavy atom.